The number of hydrogen-bond acceptors (Lipinski definition) is 2. The second-order valence-electron chi connectivity index (χ2n) is 15.2. The Morgan fingerprint density at radius 3 is 1.93 bits per heavy atom. The van der Waals surface area contributed by atoms with E-state index in [-0.39, 0.29) is 5.41 Å². The molecular weight excluding hydrogens is 667 g/mol. The molecule has 55 heavy (non-hydrogen) atoms. The fraction of sp³-hybridized carbons (Fsp3) is 0.0566. The summed E-state index contributed by atoms with van der Waals surface area (Å²) in [6.07, 6.45) is 0. The smallest absolute Gasteiger partial charge is 0.136 e. The monoisotopic (exact) mass is 703 g/mol. The maximum absolute atomic E-state index is 6.66. The van der Waals surface area contributed by atoms with Gasteiger partial charge >= 0.3 is 0 Å². The largest absolute Gasteiger partial charge is 0.456 e. The van der Waals surface area contributed by atoms with Gasteiger partial charge in [-0.3, -0.25) is 0 Å². The highest BCUT2D eigenvalue weighted by atomic mass is 16.3. The van der Waals surface area contributed by atoms with Crippen LogP contribution in [-0.2, 0) is 5.41 Å². The van der Waals surface area contributed by atoms with Gasteiger partial charge in [-0.15, -0.1) is 0 Å². The number of fused-ring (bicyclic) bond motifs is 9. The molecule has 2 nitrogen and oxygen atoms in total. The minimum atomic E-state index is -0.158. The van der Waals surface area contributed by atoms with Crippen molar-refractivity contribution in [3.8, 4) is 33.4 Å². The van der Waals surface area contributed by atoms with Crippen molar-refractivity contribution in [2.24, 2.45) is 0 Å². The van der Waals surface area contributed by atoms with Crippen LogP contribution in [0.1, 0.15) is 25.0 Å². The molecule has 260 valence electrons. The molecule has 0 bridgehead atoms. The van der Waals surface area contributed by atoms with E-state index in [1.165, 1.54) is 54.9 Å². The quantitative estimate of drug-likeness (QED) is 0.166. The minimum absolute atomic E-state index is 0.158. The van der Waals surface area contributed by atoms with E-state index >= 15 is 0 Å². The Balaban J connectivity index is 1.29. The first kappa shape index (κ1) is 31.6. The molecule has 0 unspecified atom stereocenters. The van der Waals surface area contributed by atoms with Crippen LogP contribution in [0.3, 0.4) is 0 Å². The molecule has 1 aliphatic rings. The lowest BCUT2D eigenvalue weighted by molar-refractivity contribution is 0.660. The van der Waals surface area contributed by atoms with Crippen LogP contribution in [0.15, 0.2) is 192 Å². The zero-order valence-corrected chi connectivity index (χ0v) is 30.8. The molecule has 0 N–H and O–H groups in total. The van der Waals surface area contributed by atoms with Gasteiger partial charge in [0.15, 0.2) is 0 Å². The van der Waals surface area contributed by atoms with E-state index in [0.717, 1.165) is 50.1 Å². The second kappa shape index (κ2) is 12.1. The van der Waals surface area contributed by atoms with Crippen LogP contribution < -0.4 is 4.90 Å². The zero-order chi connectivity index (χ0) is 36.7. The van der Waals surface area contributed by atoms with E-state index in [4.69, 9.17) is 4.42 Å². The van der Waals surface area contributed by atoms with E-state index in [2.05, 4.69) is 207 Å². The number of hydrogen-bond donors (Lipinski definition) is 0. The van der Waals surface area contributed by atoms with Crippen LogP contribution >= 0.6 is 0 Å². The lowest BCUT2D eigenvalue weighted by atomic mass is 9.82. The average molecular weight is 704 g/mol. The van der Waals surface area contributed by atoms with E-state index in [1.54, 1.807) is 0 Å². The van der Waals surface area contributed by atoms with Gasteiger partial charge < -0.3 is 9.32 Å². The van der Waals surface area contributed by atoms with Gasteiger partial charge in [-0.05, 0) is 97.4 Å². The van der Waals surface area contributed by atoms with Gasteiger partial charge in [0.25, 0.3) is 0 Å². The Morgan fingerprint density at radius 1 is 0.418 bits per heavy atom. The summed E-state index contributed by atoms with van der Waals surface area (Å²) in [7, 11) is 0. The molecule has 0 amide bonds. The Bertz CT molecular complexity index is 3130. The molecule has 0 aliphatic heterocycles. The van der Waals surface area contributed by atoms with Gasteiger partial charge in [0.05, 0.1) is 11.4 Å². The van der Waals surface area contributed by atoms with Crippen molar-refractivity contribution in [3.63, 3.8) is 0 Å². The summed E-state index contributed by atoms with van der Waals surface area (Å²) in [5.74, 6) is 0. The third kappa shape index (κ3) is 4.74. The molecular formula is C53H37NO. The van der Waals surface area contributed by atoms with Crippen molar-refractivity contribution in [1.82, 2.24) is 0 Å². The van der Waals surface area contributed by atoms with Gasteiger partial charge in [0.2, 0.25) is 0 Å². The third-order valence-corrected chi connectivity index (χ3v) is 11.9. The lowest BCUT2D eigenvalue weighted by Gasteiger charge is -2.32. The standard InChI is InChI=1S/C53H37NO/c1-53(2)45-25-13-10-23-41(45)42-29-28-36(33-46(42)53)54(47-26-14-11-20-38(47)34-16-4-3-5-17-34)48-30-31-50-52(43-24-12-15-27-49(43)55-50)51(48)44-32-35-18-6-7-19-37(35)39-21-8-9-22-40(39)44/h3-33H,1-2H3. The Hall–Kier alpha value is -6.90. The van der Waals surface area contributed by atoms with Crippen LogP contribution in [0.5, 0.6) is 0 Å². The summed E-state index contributed by atoms with van der Waals surface area (Å²) in [5, 5.41) is 7.12. The van der Waals surface area contributed by atoms with Crippen molar-refractivity contribution in [1.29, 1.82) is 0 Å². The molecule has 0 spiro atoms. The van der Waals surface area contributed by atoms with Crippen molar-refractivity contribution in [2.75, 3.05) is 4.90 Å². The van der Waals surface area contributed by atoms with Crippen LogP contribution in [0, 0.1) is 0 Å². The molecule has 1 aliphatic carbocycles. The highest BCUT2D eigenvalue weighted by molar-refractivity contribution is 6.22. The van der Waals surface area contributed by atoms with Gasteiger partial charge in [0, 0.05) is 33.0 Å². The van der Waals surface area contributed by atoms with Gasteiger partial charge in [-0.2, -0.15) is 0 Å². The highest BCUT2D eigenvalue weighted by Gasteiger charge is 2.36. The number of rotatable bonds is 5. The molecule has 0 saturated carbocycles. The van der Waals surface area contributed by atoms with Crippen LogP contribution in [-0.4, -0.2) is 0 Å². The molecule has 0 radical (unpaired) electrons. The Labute approximate surface area is 320 Å². The molecule has 0 saturated heterocycles. The van der Waals surface area contributed by atoms with Crippen molar-refractivity contribution in [2.45, 2.75) is 19.3 Å². The maximum Gasteiger partial charge on any atom is 0.136 e. The van der Waals surface area contributed by atoms with Crippen molar-refractivity contribution in [3.05, 3.63) is 199 Å². The molecule has 0 atom stereocenters. The predicted octanol–water partition coefficient (Wildman–Crippen LogP) is 15.0. The summed E-state index contributed by atoms with van der Waals surface area (Å²) in [4.78, 5) is 2.50. The SMILES string of the molecule is CC1(C)c2ccccc2-c2ccc(N(c3ccccc3-c3ccccc3)c3ccc4oc5ccccc5c4c3-c3cc4ccccc4c4ccccc34)cc21. The normalized spacial score (nSPS) is 13.1. The van der Waals surface area contributed by atoms with Crippen molar-refractivity contribution < 1.29 is 4.42 Å². The number of benzene rings is 9. The first-order valence-corrected chi connectivity index (χ1v) is 19.1. The van der Waals surface area contributed by atoms with Crippen LogP contribution in [0.4, 0.5) is 17.1 Å². The van der Waals surface area contributed by atoms with E-state index in [9.17, 15) is 0 Å². The number of anilines is 3. The molecule has 2 heteroatoms. The van der Waals surface area contributed by atoms with E-state index in [1.807, 2.05) is 0 Å². The zero-order valence-electron chi connectivity index (χ0n) is 30.8. The number of furan rings is 1. The minimum Gasteiger partial charge on any atom is -0.456 e. The molecule has 1 aromatic heterocycles. The summed E-state index contributed by atoms with van der Waals surface area (Å²) in [5.41, 5.74) is 14.9. The highest BCUT2D eigenvalue weighted by Crippen LogP contribution is 2.54. The first-order valence-electron chi connectivity index (χ1n) is 19.1. The molecule has 11 rings (SSSR count). The van der Waals surface area contributed by atoms with E-state index < -0.39 is 0 Å². The predicted molar refractivity (Wildman–Crippen MR) is 232 cm³/mol. The first-order chi connectivity index (χ1) is 27.1. The van der Waals surface area contributed by atoms with Crippen LogP contribution in [0.2, 0.25) is 0 Å². The molecule has 0 fully saturated rings. The summed E-state index contributed by atoms with van der Waals surface area (Å²) < 4.78 is 6.66. The summed E-state index contributed by atoms with van der Waals surface area (Å²) in [6, 6.07) is 68.5. The fourth-order valence-corrected chi connectivity index (χ4v) is 9.30. The second-order valence-corrected chi connectivity index (χ2v) is 15.2. The van der Waals surface area contributed by atoms with Gasteiger partial charge in [-0.25, -0.2) is 0 Å². The van der Waals surface area contributed by atoms with Gasteiger partial charge in [-0.1, -0.05) is 159 Å². The molecule has 10 aromatic rings. The topological polar surface area (TPSA) is 16.4 Å². The lowest BCUT2D eigenvalue weighted by Crippen LogP contribution is -2.17. The molecule has 9 aromatic carbocycles. The fourth-order valence-electron chi connectivity index (χ4n) is 9.30. The summed E-state index contributed by atoms with van der Waals surface area (Å²) >= 11 is 0. The number of para-hydroxylation sites is 2. The summed E-state index contributed by atoms with van der Waals surface area (Å²) in [6.45, 7) is 4.72. The third-order valence-electron chi connectivity index (χ3n) is 11.9. The van der Waals surface area contributed by atoms with Crippen LogP contribution in [0.25, 0.3) is 76.9 Å². The molecule has 1 heterocycles. The Kier molecular flexibility index (Phi) is 6.93. The maximum atomic E-state index is 6.66. The van der Waals surface area contributed by atoms with Gasteiger partial charge in [0.1, 0.15) is 11.2 Å². The Morgan fingerprint density at radius 2 is 1.07 bits per heavy atom. The van der Waals surface area contributed by atoms with Crippen molar-refractivity contribution >= 4 is 60.5 Å². The average Bonchev–Trinajstić information content (AvgIpc) is 3.73. The van der Waals surface area contributed by atoms with E-state index in [0.29, 0.717) is 0 Å². The number of nitrogens with zero attached hydrogens (tertiary/aromatic N) is 1.